The summed E-state index contributed by atoms with van der Waals surface area (Å²) < 4.78 is 28.6. The van der Waals surface area contributed by atoms with Crippen LogP contribution in [0.25, 0.3) is 0 Å². The Bertz CT molecular complexity index is 989. The van der Waals surface area contributed by atoms with Gasteiger partial charge in [-0.05, 0) is 19.3 Å². The van der Waals surface area contributed by atoms with Crippen molar-refractivity contribution in [2.24, 2.45) is 0 Å². The SMILES string of the molecule is C[C@H](C[C@H]1CCCP1(=O)c1ccccc1)P(=O)(c1ccccc1)c1ccccc1. The second kappa shape index (κ2) is 8.47. The van der Waals surface area contributed by atoms with Crippen molar-refractivity contribution in [3.05, 3.63) is 91.0 Å². The topological polar surface area (TPSA) is 34.1 Å². The summed E-state index contributed by atoms with van der Waals surface area (Å²) in [6.45, 7) is 2.09. The molecule has 0 aliphatic carbocycles. The van der Waals surface area contributed by atoms with E-state index >= 15 is 0 Å². The fourth-order valence-electron chi connectivity index (χ4n) is 4.76. The van der Waals surface area contributed by atoms with Crippen molar-refractivity contribution in [3.8, 4) is 0 Å². The van der Waals surface area contributed by atoms with Crippen LogP contribution in [-0.4, -0.2) is 17.5 Å². The van der Waals surface area contributed by atoms with Gasteiger partial charge in [0.15, 0.2) is 0 Å². The Morgan fingerprint density at radius 3 is 1.86 bits per heavy atom. The van der Waals surface area contributed by atoms with E-state index < -0.39 is 14.3 Å². The summed E-state index contributed by atoms with van der Waals surface area (Å²) in [4.78, 5) is 0. The van der Waals surface area contributed by atoms with Crippen LogP contribution in [0.2, 0.25) is 0 Å². The second-order valence-electron chi connectivity index (χ2n) is 8.06. The fraction of sp³-hybridized carbons (Fsp3) is 0.280. The summed E-state index contributed by atoms with van der Waals surface area (Å²) in [5.74, 6) is 0. The molecule has 1 aliphatic rings. The minimum Gasteiger partial charge on any atom is -0.318 e. The molecule has 0 spiro atoms. The van der Waals surface area contributed by atoms with E-state index in [0.29, 0.717) is 0 Å². The van der Waals surface area contributed by atoms with Crippen LogP contribution in [0.1, 0.15) is 26.2 Å². The zero-order chi connectivity index (χ0) is 20.3. The summed E-state index contributed by atoms with van der Waals surface area (Å²) in [6.07, 6.45) is 3.45. The highest BCUT2D eigenvalue weighted by molar-refractivity contribution is 7.79. The Kier molecular flexibility index (Phi) is 5.95. The van der Waals surface area contributed by atoms with E-state index in [1.54, 1.807) is 0 Å². The molecule has 0 N–H and O–H groups in total. The second-order valence-corrected chi connectivity index (χ2v) is 14.6. The van der Waals surface area contributed by atoms with E-state index in [2.05, 4.69) is 6.92 Å². The predicted molar refractivity (Wildman–Crippen MR) is 125 cm³/mol. The molecule has 1 aliphatic heterocycles. The Hall–Kier alpha value is -1.88. The first-order valence-corrected chi connectivity index (χ1v) is 14.1. The highest BCUT2D eigenvalue weighted by Gasteiger charge is 2.43. The Morgan fingerprint density at radius 1 is 0.862 bits per heavy atom. The van der Waals surface area contributed by atoms with E-state index in [1.165, 1.54) is 0 Å². The van der Waals surface area contributed by atoms with Crippen LogP contribution < -0.4 is 15.9 Å². The van der Waals surface area contributed by atoms with Crippen molar-refractivity contribution in [1.82, 2.24) is 0 Å². The molecule has 0 radical (unpaired) electrons. The largest absolute Gasteiger partial charge is 0.318 e. The zero-order valence-electron chi connectivity index (χ0n) is 16.9. The minimum atomic E-state index is -2.84. The molecule has 1 unspecified atom stereocenters. The summed E-state index contributed by atoms with van der Waals surface area (Å²) in [5, 5.41) is 2.78. The van der Waals surface area contributed by atoms with Gasteiger partial charge in [0, 0.05) is 33.4 Å². The Morgan fingerprint density at radius 2 is 1.34 bits per heavy atom. The maximum atomic E-state index is 14.6. The molecule has 0 bridgehead atoms. The van der Waals surface area contributed by atoms with Gasteiger partial charge in [0.05, 0.1) is 0 Å². The molecule has 2 nitrogen and oxygen atoms in total. The quantitative estimate of drug-likeness (QED) is 0.483. The lowest BCUT2D eigenvalue weighted by molar-refractivity contribution is 0.560. The molecule has 1 saturated heterocycles. The molecular weight excluding hydrogens is 394 g/mol. The van der Waals surface area contributed by atoms with Crippen molar-refractivity contribution in [2.45, 2.75) is 37.5 Å². The van der Waals surface area contributed by atoms with Crippen molar-refractivity contribution in [2.75, 3.05) is 6.16 Å². The Balaban J connectivity index is 1.70. The molecule has 150 valence electrons. The van der Waals surface area contributed by atoms with Gasteiger partial charge in [-0.1, -0.05) is 97.9 Å². The van der Waals surface area contributed by atoms with Crippen LogP contribution in [0.5, 0.6) is 0 Å². The average Bonchev–Trinajstić information content (AvgIpc) is 3.16. The van der Waals surface area contributed by atoms with Crippen LogP contribution in [-0.2, 0) is 9.13 Å². The maximum Gasteiger partial charge on any atom is 0.145 e. The molecule has 3 aromatic rings. The zero-order valence-corrected chi connectivity index (χ0v) is 18.6. The molecule has 1 fully saturated rings. The number of hydrogen-bond acceptors (Lipinski definition) is 2. The van der Waals surface area contributed by atoms with Gasteiger partial charge in [-0.3, -0.25) is 0 Å². The van der Waals surface area contributed by atoms with E-state index in [-0.39, 0.29) is 11.3 Å². The van der Waals surface area contributed by atoms with Crippen LogP contribution >= 0.6 is 14.3 Å². The smallest absolute Gasteiger partial charge is 0.145 e. The van der Waals surface area contributed by atoms with Crippen LogP contribution in [0.4, 0.5) is 0 Å². The lowest BCUT2D eigenvalue weighted by Crippen LogP contribution is -2.27. The first-order valence-electron chi connectivity index (χ1n) is 10.4. The van der Waals surface area contributed by atoms with Gasteiger partial charge >= 0.3 is 0 Å². The fourth-order valence-corrected chi connectivity index (χ4v) is 11.7. The van der Waals surface area contributed by atoms with Gasteiger partial charge in [-0.25, -0.2) is 0 Å². The van der Waals surface area contributed by atoms with E-state index in [1.807, 2.05) is 91.0 Å². The van der Waals surface area contributed by atoms with Crippen LogP contribution in [0, 0.1) is 0 Å². The van der Waals surface area contributed by atoms with Gasteiger partial charge in [0.2, 0.25) is 0 Å². The molecule has 3 atom stereocenters. The highest BCUT2D eigenvalue weighted by Crippen LogP contribution is 2.61. The summed E-state index contributed by atoms with van der Waals surface area (Å²) >= 11 is 0. The average molecular weight is 422 g/mol. The van der Waals surface area contributed by atoms with Crippen LogP contribution in [0.3, 0.4) is 0 Å². The first-order chi connectivity index (χ1) is 14.0. The summed E-state index contributed by atoms with van der Waals surface area (Å²) in [5.41, 5.74) is 0.0492. The van der Waals surface area contributed by atoms with Gasteiger partial charge in [-0.15, -0.1) is 0 Å². The van der Waals surface area contributed by atoms with Crippen molar-refractivity contribution in [3.63, 3.8) is 0 Å². The van der Waals surface area contributed by atoms with E-state index in [9.17, 15) is 9.13 Å². The number of rotatable bonds is 6. The lowest BCUT2D eigenvalue weighted by atomic mass is 10.2. The summed E-state index contributed by atoms with van der Waals surface area (Å²) in [6, 6.07) is 29.6. The Labute approximate surface area is 174 Å². The number of benzene rings is 3. The summed E-state index contributed by atoms with van der Waals surface area (Å²) in [7, 11) is -5.30. The number of hydrogen-bond donors (Lipinski definition) is 0. The van der Waals surface area contributed by atoms with Gasteiger partial charge in [0.1, 0.15) is 14.3 Å². The van der Waals surface area contributed by atoms with Crippen molar-refractivity contribution in [1.29, 1.82) is 0 Å². The molecule has 1 heterocycles. The van der Waals surface area contributed by atoms with Gasteiger partial charge in [-0.2, -0.15) is 0 Å². The van der Waals surface area contributed by atoms with E-state index in [0.717, 1.165) is 41.3 Å². The molecule has 0 amide bonds. The third-order valence-corrected chi connectivity index (χ3v) is 13.7. The molecule has 29 heavy (non-hydrogen) atoms. The standard InChI is InChI=1S/C25H28O2P2/c1-21(20-25-18-11-19-28(25,26)22-12-5-2-6-13-22)29(27,23-14-7-3-8-15-23)24-16-9-4-10-17-24/h2-10,12-17,21,25H,11,18-20H2,1H3/t21-,25-,28?/m1/s1. The van der Waals surface area contributed by atoms with Gasteiger partial charge < -0.3 is 9.13 Å². The molecular formula is C25H28O2P2. The minimum absolute atomic E-state index is 0.0626. The lowest BCUT2D eigenvalue weighted by Gasteiger charge is -2.30. The van der Waals surface area contributed by atoms with Crippen molar-refractivity contribution >= 4 is 30.2 Å². The highest BCUT2D eigenvalue weighted by atomic mass is 31.2. The van der Waals surface area contributed by atoms with Crippen molar-refractivity contribution < 1.29 is 9.13 Å². The third-order valence-electron chi connectivity index (χ3n) is 6.32. The maximum absolute atomic E-state index is 14.6. The first kappa shape index (κ1) is 20.4. The molecule has 3 aromatic carbocycles. The molecule has 0 saturated carbocycles. The monoisotopic (exact) mass is 422 g/mol. The molecule has 4 rings (SSSR count). The third kappa shape index (κ3) is 3.81. The molecule has 4 heteroatoms. The predicted octanol–water partition coefficient (Wildman–Crippen LogP) is 5.63. The normalized spacial score (nSPS) is 23.0. The van der Waals surface area contributed by atoms with Gasteiger partial charge in [0.25, 0.3) is 0 Å². The van der Waals surface area contributed by atoms with Crippen LogP contribution in [0.15, 0.2) is 91.0 Å². The van der Waals surface area contributed by atoms with E-state index in [4.69, 9.17) is 0 Å². The molecule has 0 aromatic heterocycles.